The molecule has 0 aliphatic heterocycles. The third-order valence-electron chi connectivity index (χ3n) is 3.84. The average molecular weight is 354 g/mol. The lowest BCUT2D eigenvalue weighted by Gasteiger charge is -2.26. The van der Waals surface area contributed by atoms with E-state index in [1.54, 1.807) is 18.2 Å². The van der Waals surface area contributed by atoms with Gasteiger partial charge in [-0.2, -0.15) is 4.72 Å². The molecule has 1 aliphatic carbocycles. The molecule has 2 aromatic rings. The molecule has 0 bridgehead atoms. The van der Waals surface area contributed by atoms with Crippen LogP contribution in [-0.4, -0.2) is 14.7 Å². The van der Waals surface area contributed by atoms with E-state index in [2.05, 4.69) is 4.72 Å². The van der Waals surface area contributed by atoms with Gasteiger partial charge in [-0.1, -0.05) is 6.07 Å². The van der Waals surface area contributed by atoms with Crippen molar-refractivity contribution in [2.45, 2.75) is 18.5 Å². The van der Waals surface area contributed by atoms with Gasteiger partial charge in [0.05, 0.1) is 6.26 Å². The first-order valence-electron chi connectivity index (χ1n) is 7.20. The largest absolute Gasteiger partial charge is 0.454 e. The zero-order chi connectivity index (χ0) is 17.5. The van der Waals surface area contributed by atoms with Gasteiger partial charge in [-0.3, -0.25) is 0 Å². The maximum absolute atomic E-state index is 13.7. The van der Waals surface area contributed by atoms with Crippen LogP contribution in [0.1, 0.15) is 17.5 Å². The molecule has 1 unspecified atom stereocenters. The first kappa shape index (κ1) is 16.8. The molecule has 1 aliphatic rings. The first-order valence-corrected chi connectivity index (χ1v) is 9.10. The number of fused-ring (bicyclic) bond motifs is 1. The SMILES string of the molecule is CS(=O)(=O)NC1(N)CCc2ccc(Oc3ccc(F)cc3F)cc21. The van der Waals surface area contributed by atoms with Crippen molar-refractivity contribution in [1.29, 1.82) is 0 Å². The molecule has 0 radical (unpaired) electrons. The van der Waals surface area contributed by atoms with Crippen LogP contribution in [-0.2, 0) is 22.1 Å². The van der Waals surface area contributed by atoms with Crippen LogP contribution in [0, 0.1) is 11.6 Å². The molecule has 8 heteroatoms. The van der Waals surface area contributed by atoms with Gasteiger partial charge in [-0.05, 0) is 48.2 Å². The Morgan fingerprint density at radius 2 is 1.96 bits per heavy atom. The maximum atomic E-state index is 13.7. The predicted octanol–water partition coefficient (Wildman–Crippen LogP) is 2.36. The summed E-state index contributed by atoms with van der Waals surface area (Å²) in [6, 6.07) is 7.95. The second-order valence-electron chi connectivity index (χ2n) is 5.84. The van der Waals surface area contributed by atoms with Crippen molar-refractivity contribution in [3.05, 3.63) is 59.2 Å². The number of hydrogen-bond acceptors (Lipinski definition) is 4. The fourth-order valence-corrected chi connectivity index (χ4v) is 3.71. The van der Waals surface area contributed by atoms with Gasteiger partial charge in [0.15, 0.2) is 11.6 Å². The van der Waals surface area contributed by atoms with Crippen molar-refractivity contribution >= 4 is 10.0 Å². The minimum Gasteiger partial charge on any atom is -0.454 e. The van der Waals surface area contributed by atoms with E-state index in [4.69, 9.17) is 10.5 Å². The van der Waals surface area contributed by atoms with E-state index in [1.807, 2.05) is 0 Å². The van der Waals surface area contributed by atoms with Crippen LogP contribution < -0.4 is 15.2 Å². The van der Waals surface area contributed by atoms with Crippen molar-refractivity contribution in [3.8, 4) is 11.5 Å². The Kier molecular flexibility index (Phi) is 4.06. The van der Waals surface area contributed by atoms with Crippen LogP contribution >= 0.6 is 0 Å². The first-order chi connectivity index (χ1) is 11.2. The molecule has 0 spiro atoms. The van der Waals surface area contributed by atoms with Crippen molar-refractivity contribution in [2.24, 2.45) is 5.73 Å². The minimum absolute atomic E-state index is 0.131. The summed E-state index contributed by atoms with van der Waals surface area (Å²) >= 11 is 0. The average Bonchev–Trinajstić information content (AvgIpc) is 2.77. The topological polar surface area (TPSA) is 81.4 Å². The van der Waals surface area contributed by atoms with Crippen LogP contribution in [0.5, 0.6) is 11.5 Å². The van der Waals surface area contributed by atoms with E-state index in [-0.39, 0.29) is 11.5 Å². The Labute approximate surface area is 138 Å². The number of ether oxygens (including phenoxy) is 1. The number of hydrogen-bond donors (Lipinski definition) is 2. The lowest BCUT2D eigenvalue weighted by molar-refractivity contribution is 0.403. The number of sulfonamides is 1. The number of nitrogens with one attached hydrogen (secondary N) is 1. The van der Waals surface area contributed by atoms with Gasteiger partial charge >= 0.3 is 0 Å². The fourth-order valence-electron chi connectivity index (χ4n) is 2.84. The highest BCUT2D eigenvalue weighted by atomic mass is 32.2. The summed E-state index contributed by atoms with van der Waals surface area (Å²) in [4.78, 5) is 0. The lowest BCUT2D eigenvalue weighted by Crippen LogP contribution is -2.51. The summed E-state index contributed by atoms with van der Waals surface area (Å²) in [5.74, 6) is -1.38. The van der Waals surface area contributed by atoms with Gasteiger partial charge < -0.3 is 10.5 Å². The number of halogens is 2. The Balaban J connectivity index is 1.93. The predicted molar refractivity (Wildman–Crippen MR) is 85.0 cm³/mol. The van der Waals surface area contributed by atoms with Gasteiger partial charge in [0.2, 0.25) is 10.0 Å². The van der Waals surface area contributed by atoms with E-state index in [1.165, 1.54) is 6.07 Å². The van der Waals surface area contributed by atoms with Gasteiger partial charge in [0.1, 0.15) is 17.2 Å². The van der Waals surface area contributed by atoms with E-state index in [0.29, 0.717) is 18.4 Å². The number of aryl methyl sites for hydroxylation is 1. The van der Waals surface area contributed by atoms with Crippen LogP contribution in [0.4, 0.5) is 8.78 Å². The van der Waals surface area contributed by atoms with Gasteiger partial charge in [-0.25, -0.2) is 17.2 Å². The lowest BCUT2D eigenvalue weighted by atomic mass is 10.0. The highest BCUT2D eigenvalue weighted by molar-refractivity contribution is 7.88. The van der Waals surface area contributed by atoms with Crippen molar-refractivity contribution < 1.29 is 21.9 Å². The fraction of sp³-hybridized carbons (Fsp3) is 0.250. The maximum Gasteiger partial charge on any atom is 0.210 e. The zero-order valence-electron chi connectivity index (χ0n) is 12.8. The summed E-state index contributed by atoms with van der Waals surface area (Å²) in [5.41, 5.74) is 6.43. The van der Waals surface area contributed by atoms with Crippen LogP contribution in [0.3, 0.4) is 0 Å². The highest BCUT2D eigenvalue weighted by Gasteiger charge is 2.37. The summed E-state index contributed by atoms with van der Waals surface area (Å²) in [6.45, 7) is 0. The third-order valence-corrected chi connectivity index (χ3v) is 4.57. The molecule has 1 atom stereocenters. The minimum atomic E-state index is -3.51. The normalized spacial score (nSPS) is 20.0. The standard InChI is InChI=1S/C16H16F2N2O3S/c1-24(21,22)20-16(19)7-6-10-2-4-12(9-13(10)16)23-15-5-3-11(17)8-14(15)18/h2-5,8-9,20H,6-7,19H2,1H3. The molecule has 128 valence electrons. The molecule has 5 nitrogen and oxygen atoms in total. The monoisotopic (exact) mass is 354 g/mol. The van der Waals surface area contributed by atoms with Gasteiger partial charge in [-0.15, -0.1) is 0 Å². The molecular formula is C16H16F2N2O3S. The highest BCUT2D eigenvalue weighted by Crippen LogP contribution is 2.37. The third kappa shape index (κ3) is 3.40. The smallest absolute Gasteiger partial charge is 0.210 e. The molecule has 0 saturated heterocycles. The Morgan fingerprint density at radius 1 is 1.21 bits per heavy atom. The van der Waals surface area contributed by atoms with Crippen molar-refractivity contribution in [1.82, 2.24) is 4.72 Å². The molecule has 3 N–H and O–H groups in total. The van der Waals surface area contributed by atoms with Crippen molar-refractivity contribution in [2.75, 3.05) is 6.26 Å². The number of rotatable bonds is 4. The molecule has 0 fully saturated rings. The van der Waals surface area contributed by atoms with Gasteiger partial charge in [0, 0.05) is 6.07 Å². The number of nitrogens with two attached hydrogens (primary N) is 1. The number of benzene rings is 2. The summed E-state index contributed by atoms with van der Waals surface area (Å²) in [6.07, 6.45) is 2.05. The van der Waals surface area contributed by atoms with E-state index < -0.39 is 27.3 Å². The Bertz CT molecular complexity index is 902. The molecular weight excluding hydrogens is 338 g/mol. The summed E-state index contributed by atoms with van der Waals surface area (Å²) in [7, 11) is -3.51. The Morgan fingerprint density at radius 3 is 2.62 bits per heavy atom. The van der Waals surface area contributed by atoms with E-state index in [0.717, 1.165) is 24.0 Å². The van der Waals surface area contributed by atoms with Crippen molar-refractivity contribution in [3.63, 3.8) is 0 Å². The summed E-state index contributed by atoms with van der Waals surface area (Å²) in [5, 5.41) is 0. The molecule has 3 rings (SSSR count). The molecule has 0 saturated carbocycles. The molecule has 0 aromatic heterocycles. The second-order valence-corrected chi connectivity index (χ2v) is 7.59. The van der Waals surface area contributed by atoms with Crippen LogP contribution in [0.2, 0.25) is 0 Å². The molecule has 2 aromatic carbocycles. The summed E-state index contributed by atoms with van der Waals surface area (Å²) < 4.78 is 57.6. The zero-order valence-corrected chi connectivity index (χ0v) is 13.7. The second kappa shape index (κ2) is 5.80. The molecule has 24 heavy (non-hydrogen) atoms. The van der Waals surface area contributed by atoms with Crippen LogP contribution in [0.15, 0.2) is 36.4 Å². The van der Waals surface area contributed by atoms with E-state index >= 15 is 0 Å². The van der Waals surface area contributed by atoms with Gasteiger partial charge in [0.25, 0.3) is 0 Å². The van der Waals surface area contributed by atoms with E-state index in [9.17, 15) is 17.2 Å². The van der Waals surface area contributed by atoms with Crippen LogP contribution in [0.25, 0.3) is 0 Å². The quantitative estimate of drug-likeness (QED) is 0.826. The molecule has 0 amide bonds. The molecule has 0 heterocycles. The Hall–Kier alpha value is -2.03.